The number of carbonyl (C=O) groups is 2. The molecule has 0 radical (unpaired) electrons. The first-order chi connectivity index (χ1) is 21.7. The number of nitriles is 1. The van der Waals surface area contributed by atoms with E-state index in [1.807, 2.05) is 67.7 Å². The molecule has 0 spiro atoms. The smallest absolute Gasteiger partial charge is 0.271 e. The molecule has 9 heteroatoms. The van der Waals surface area contributed by atoms with Gasteiger partial charge in [-0.25, -0.2) is 4.68 Å². The van der Waals surface area contributed by atoms with E-state index in [2.05, 4.69) is 13.8 Å². The average molecular weight is 601 g/mol. The minimum Gasteiger partial charge on any atom is -0.493 e. The van der Waals surface area contributed by atoms with E-state index >= 15 is 0 Å². The number of amides is 2. The molecule has 0 atom stereocenters. The van der Waals surface area contributed by atoms with Gasteiger partial charge < -0.3 is 14.2 Å². The van der Waals surface area contributed by atoms with E-state index in [0.717, 1.165) is 27.5 Å². The molecule has 4 aromatic rings. The van der Waals surface area contributed by atoms with Crippen molar-refractivity contribution in [3.05, 3.63) is 106 Å². The summed E-state index contributed by atoms with van der Waals surface area (Å²) in [5.74, 6) is 1.17. The minimum atomic E-state index is -0.636. The second-order valence-corrected chi connectivity index (χ2v) is 11.4. The fourth-order valence-electron chi connectivity index (χ4n) is 5.32. The monoisotopic (exact) mass is 600 g/mol. The summed E-state index contributed by atoms with van der Waals surface area (Å²) in [6.45, 7) is 8.51. The van der Waals surface area contributed by atoms with Crippen LogP contribution in [0.4, 0.5) is 0 Å². The lowest BCUT2D eigenvalue weighted by Crippen LogP contribution is -2.42. The van der Waals surface area contributed by atoms with Crippen molar-refractivity contribution < 1.29 is 23.8 Å². The molecule has 2 amide bonds. The van der Waals surface area contributed by atoms with E-state index in [4.69, 9.17) is 19.3 Å². The molecule has 1 aromatic heterocycles. The summed E-state index contributed by atoms with van der Waals surface area (Å²) in [6.07, 6.45) is 3.57. The molecular formula is C36H32N4O5. The first kappa shape index (κ1) is 29.5. The third-order valence-electron chi connectivity index (χ3n) is 7.70. The highest BCUT2D eigenvalue weighted by atomic mass is 16.7. The topological polar surface area (TPSA) is 107 Å². The highest BCUT2D eigenvalue weighted by molar-refractivity contribution is 6.19. The Hall–Kier alpha value is -5.62. The van der Waals surface area contributed by atoms with Crippen molar-refractivity contribution in [1.82, 2.24) is 14.7 Å². The minimum absolute atomic E-state index is 0.0306. The van der Waals surface area contributed by atoms with Crippen LogP contribution >= 0.6 is 0 Å². The molecule has 226 valence electrons. The molecule has 0 saturated heterocycles. The highest BCUT2D eigenvalue weighted by Crippen LogP contribution is 2.36. The van der Waals surface area contributed by atoms with Crippen molar-refractivity contribution in [3.8, 4) is 40.3 Å². The van der Waals surface area contributed by atoms with Crippen molar-refractivity contribution in [2.75, 3.05) is 13.4 Å². The Bertz CT molecular complexity index is 1910. The number of imide groups is 1. The SMILES string of the molecule is CC1=C(C#N)C(=O)N(Cc2ccc3c(c2)OCO3)C(=O)/C1=C/c1cn(-c2ccccc2)nc1-c1ccc(OCC(C)C)cc1C. The van der Waals surface area contributed by atoms with Gasteiger partial charge in [-0.3, -0.25) is 14.5 Å². The van der Waals surface area contributed by atoms with Crippen LogP contribution in [0.3, 0.4) is 0 Å². The lowest BCUT2D eigenvalue weighted by atomic mass is 9.92. The van der Waals surface area contributed by atoms with Gasteiger partial charge in [0, 0.05) is 22.9 Å². The number of rotatable bonds is 8. The van der Waals surface area contributed by atoms with Crippen molar-refractivity contribution in [3.63, 3.8) is 0 Å². The number of carbonyl (C=O) groups excluding carboxylic acids is 2. The number of hydrogen-bond acceptors (Lipinski definition) is 7. The van der Waals surface area contributed by atoms with Crippen molar-refractivity contribution in [2.24, 2.45) is 5.92 Å². The fourth-order valence-corrected chi connectivity index (χ4v) is 5.32. The van der Waals surface area contributed by atoms with E-state index in [1.54, 1.807) is 35.9 Å². The first-order valence-corrected chi connectivity index (χ1v) is 14.7. The number of aromatic nitrogens is 2. The van der Waals surface area contributed by atoms with Crippen LogP contribution in [0.1, 0.15) is 37.5 Å². The predicted octanol–water partition coefficient (Wildman–Crippen LogP) is 6.40. The Morgan fingerprint density at radius 3 is 2.51 bits per heavy atom. The lowest BCUT2D eigenvalue weighted by Gasteiger charge is -2.27. The first-order valence-electron chi connectivity index (χ1n) is 14.7. The van der Waals surface area contributed by atoms with E-state index in [-0.39, 0.29) is 24.5 Å². The molecule has 9 nitrogen and oxygen atoms in total. The molecule has 2 aliphatic heterocycles. The Balaban J connectivity index is 1.43. The van der Waals surface area contributed by atoms with Gasteiger partial charge in [0.2, 0.25) is 6.79 Å². The lowest BCUT2D eigenvalue weighted by molar-refractivity contribution is -0.141. The summed E-state index contributed by atoms with van der Waals surface area (Å²) < 4.78 is 18.6. The zero-order valence-corrected chi connectivity index (χ0v) is 25.5. The van der Waals surface area contributed by atoms with Crippen LogP contribution in [0.5, 0.6) is 17.2 Å². The molecule has 0 bridgehead atoms. The summed E-state index contributed by atoms with van der Waals surface area (Å²) in [6, 6.07) is 22.8. The highest BCUT2D eigenvalue weighted by Gasteiger charge is 2.36. The molecule has 0 saturated carbocycles. The number of fused-ring (bicyclic) bond motifs is 1. The van der Waals surface area contributed by atoms with Gasteiger partial charge in [-0.15, -0.1) is 0 Å². The zero-order valence-electron chi connectivity index (χ0n) is 25.5. The van der Waals surface area contributed by atoms with Gasteiger partial charge in [0.1, 0.15) is 23.1 Å². The largest absolute Gasteiger partial charge is 0.493 e. The standard InChI is InChI=1S/C36H32N4O5/c1-22(2)20-43-28-11-12-29(23(3)14-28)34-26(19-40(38-34)27-8-6-5-7-9-27)16-30-24(4)31(17-37)36(42)39(35(30)41)18-25-10-13-32-33(15-25)45-21-44-32/h5-16,19,22H,18,20-21H2,1-4H3/b30-16+. The van der Waals surface area contributed by atoms with Crippen molar-refractivity contribution >= 4 is 17.9 Å². The average Bonchev–Trinajstić information content (AvgIpc) is 3.68. The maximum Gasteiger partial charge on any atom is 0.271 e. The maximum atomic E-state index is 14.0. The third kappa shape index (κ3) is 5.83. The van der Waals surface area contributed by atoms with Crippen LogP contribution in [0.25, 0.3) is 23.0 Å². The third-order valence-corrected chi connectivity index (χ3v) is 7.70. The Labute approximate surface area is 261 Å². The molecule has 45 heavy (non-hydrogen) atoms. The van der Waals surface area contributed by atoms with Crippen LogP contribution in [-0.2, 0) is 16.1 Å². The van der Waals surface area contributed by atoms with Crippen LogP contribution in [0.2, 0.25) is 0 Å². The predicted molar refractivity (Wildman–Crippen MR) is 168 cm³/mol. The van der Waals surface area contributed by atoms with Crippen molar-refractivity contribution in [2.45, 2.75) is 34.2 Å². The van der Waals surface area contributed by atoms with Crippen LogP contribution in [0.15, 0.2) is 89.6 Å². The van der Waals surface area contributed by atoms with Crippen molar-refractivity contribution in [1.29, 1.82) is 5.26 Å². The number of aryl methyl sites for hydroxylation is 1. The summed E-state index contributed by atoms with van der Waals surface area (Å²) >= 11 is 0. The normalized spacial score (nSPS) is 15.3. The Morgan fingerprint density at radius 2 is 1.78 bits per heavy atom. The van der Waals surface area contributed by atoms with Gasteiger partial charge in [0.25, 0.3) is 11.8 Å². The number of nitrogens with zero attached hydrogens (tertiary/aromatic N) is 4. The molecule has 3 aromatic carbocycles. The van der Waals surface area contributed by atoms with Gasteiger partial charge >= 0.3 is 0 Å². The summed E-state index contributed by atoms with van der Waals surface area (Å²) in [4.78, 5) is 28.5. The molecule has 0 N–H and O–H groups in total. The number of para-hydroxylation sites is 1. The van der Waals surface area contributed by atoms with Gasteiger partial charge in [-0.05, 0) is 85.0 Å². The Kier molecular flexibility index (Phi) is 7.97. The van der Waals surface area contributed by atoms with Gasteiger partial charge in [-0.2, -0.15) is 10.4 Å². The van der Waals surface area contributed by atoms with Crippen LogP contribution in [-0.4, -0.2) is 39.9 Å². The summed E-state index contributed by atoms with van der Waals surface area (Å²) in [7, 11) is 0. The second-order valence-electron chi connectivity index (χ2n) is 11.4. The van der Waals surface area contributed by atoms with Crippen LogP contribution < -0.4 is 14.2 Å². The fraction of sp³-hybridized carbons (Fsp3) is 0.222. The van der Waals surface area contributed by atoms with Crippen LogP contribution in [0, 0.1) is 24.2 Å². The summed E-state index contributed by atoms with van der Waals surface area (Å²) in [5, 5.41) is 14.9. The molecule has 0 unspecified atom stereocenters. The van der Waals surface area contributed by atoms with Gasteiger partial charge in [0.05, 0.1) is 18.8 Å². The van der Waals surface area contributed by atoms with E-state index < -0.39 is 11.8 Å². The molecular weight excluding hydrogens is 568 g/mol. The van der Waals surface area contributed by atoms with E-state index in [1.165, 1.54) is 0 Å². The molecule has 3 heterocycles. The van der Waals surface area contributed by atoms with Gasteiger partial charge in [0.15, 0.2) is 11.5 Å². The number of ether oxygens (including phenoxy) is 3. The molecule has 0 fully saturated rings. The number of benzene rings is 3. The van der Waals surface area contributed by atoms with E-state index in [0.29, 0.717) is 46.4 Å². The number of hydrogen-bond donors (Lipinski definition) is 0. The Morgan fingerprint density at radius 1 is 1.00 bits per heavy atom. The second kappa shape index (κ2) is 12.2. The maximum absolute atomic E-state index is 14.0. The summed E-state index contributed by atoms with van der Waals surface area (Å²) in [5.41, 5.74) is 5.13. The quantitative estimate of drug-likeness (QED) is 0.170. The molecule has 6 rings (SSSR count). The van der Waals surface area contributed by atoms with Gasteiger partial charge in [-0.1, -0.05) is 38.1 Å². The molecule has 0 aliphatic carbocycles. The zero-order chi connectivity index (χ0) is 31.7. The molecule has 2 aliphatic rings. The van der Waals surface area contributed by atoms with E-state index in [9.17, 15) is 14.9 Å².